The third-order valence-corrected chi connectivity index (χ3v) is 3.74. The van der Waals surface area contributed by atoms with Crippen LogP contribution >= 0.6 is 11.6 Å². The van der Waals surface area contributed by atoms with Crippen molar-refractivity contribution in [3.63, 3.8) is 0 Å². The van der Waals surface area contributed by atoms with Crippen LogP contribution in [-0.4, -0.2) is 15.5 Å². The smallest absolute Gasteiger partial charge is 0.268 e. The molecule has 92 valence electrons. The molecule has 0 atom stereocenters. The number of carbonyl (C=O) groups excluding carboxylic acids is 1. The Kier molecular flexibility index (Phi) is 1.87. The van der Waals surface area contributed by atoms with Gasteiger partial charge in [0.15, 0.2) is 0 Å². The average molecular weight is 271 g/mol. The Morgan fingerprint density at radius 1 is 1.11 bits per heavy atom. The Bertz CT molecular complexity index is 921. The molecule has 1 aliphatic rings. The lowest BCUT2D eigenvalue weighted by Gasteiger charge is -2.03. The largest absolute Gasteiger partial charge is 0.351 e. The molecule has 0 amide bonds. The van der Waals surface area contributed by atoms with Gasteiger partial charge in [0.05, 0.1) is 21.9 Å². The summed E-state index contributed by atoms with van der Waals surface area (Å²) in [7, 11) is 0. The Morgan fingerprint density at radius 2 is 1.95 bits per heavy atom. The van der Waals surface area contributed by atoms with Crippen LogP contribution in [0.2, 0.25) is 5.02 Å². The fourth-order valence-corrected chi connectivity index (χ4v) is 2.78. The molecule has 4 nitrogen and oxygen atoms in total. The van der Waals surface area contributed by atoms with Gasteiger partial charge in [-0.2, -0.15) is 0 Å². The van der Waals surface area contributed by atoms with Crippen LogP contribution in [0.4, 0.5) is 0 Å². The summed E-state index contributed by atoms with van der Waals surface area (Å²) in [6.07, 6.45) is 1.65. The maximum Gasteiger partial charge on any atom is 0.268 e. The molecule has 0 radical (unpaired) electrons. The lowest BCUT2D eigenvalue weighted by molar-refractivity contribution is 0.0968. The Labute approximate surface area is 112 Å². The Morgan fingerprint density at radius 3 is 2.79 bits per heavy atom. The summed E-state index contributed by atoms with van der Waals surface area (Å²) in [5.41, 5.74) is 1.71. The molecule has 0 saturated heterocycles. The number of pyridine rings is 1. The summed E-state index contributed by atoms with van der Waals surface area (Å²) in [6, 6.07) is 8.64. The molecule has 1 aromatic carbocycles. The van der Waals surface area contributed by atoms with Gasteiger partial charge in [-0.25, -0.2) is 0 Å². The van der Waals surface area contributed by atoms with Crippen molar-refractivity contribution in [3.8, 4) is 11.4 Å². The van der Waals surface area contributed by atoms with Crippen LogP contribution in [0, 0.1) is 0 Å². The zero-order valence-electron chi connectivity index (χ0n) is 9.61. The van der Waals surface area contributed by atoms with E-state index in [1.165, 1.54) is 4.57 Å². The molecule has 2 aromatic heterocycles. The predicted octanol–water partition coefficient (Wildman–Crippen LogP) is 2.65. The maximum absolute atomic E-state index is 12.4. The van der Waals surface area contributed by atoms with Crippen LogP contribution in [0.25, 0.3) is 22.3 Å². The average Bonchev–Trinajstić information content (AvgIpc) is 2.96. The lowest BCUT2D eigenvalue weighted by atomic mass is 10.1. The summed E-state index contributed by atoms with van der Waals surface area (Å²) >= 11 is 6.11. The van der Waals surface area contributed by atoms with Crippen molar-refractivity contribution in [1.29, 1.82) is 0 Å². The number of fused-ring (bicyclic) bond motifs is 4. The van der Waals surface area contributed by atoms with E-state index in [2.05, 4.69) is 4.98 Å². The van der Waals surface area contributed by atoms with Gasteiger partial charge < -0.3 is 4.98 Å². The second-order valence-electron chi connectivity index (χ2n) is 4.44. The highest BCUT2D eigenvalue weighted by molar-refractivity contribution is 6.35. The molecular weight excluding hydrogens is 264 g/mol. The van der Waals surface area contributed by atoms with E-state index < -0.39 is 0 Å². The van der Waals surface area contributed by atoms with Crippen molar-refractivity contribution in [3.05, 3.63) is 57.3 Å². The van der Waals surface area contributed by atoms with E-state index in [0.29, 0.717) is 27.3 Å². The predicted molar refractivity (Wildman–Crippen MR) is 72.7 cm³/mol. The van der Waals surface area contributed by atoms with Gasteiger partial charge in [0.1, 0.15) is 5.56 Å². The topological polar surface area (TPSA) is 54.9 Å². The number of nitrogens with one attached hydrogen (secondary N) is 1. The SMILES string of the molecule is O=C1c2c([nH]c3c(Cl)cccc3c2=O)-c2cccn21. The molecule has 0 bridgehead atoms. The summed E-state index contributed by atoms with van der Waals surface area (Å²) in [6.45, 7) is 0. The van der Waals surface area contributed by atoms with Gasteiger partial charge in [0.2, 0.25) is 5.43 Å². The van der Waals surface area contributed by atoms with E-state index in [0.717, 1.165) is 0 Å². The van der Waals surface area contributed by atoms with Crippen LogP contribution in [0.15, 0.2) is 41.3 Å². The Hall–Kier alpha value is -2.33. The highest BCUT2D eigenvalue weighted by atomic mass is 35.5. The molecule has 1 N–H and O–H groups in total. The second kappa shape index (κ2) is 3.36. The van der Waals surface area contributed by atoms with E-state index in [1.54, 1.807) is 36.5 Å². The van der Waals surface area contributed by atoms with E-state index in [1.807, 2.05) is 0 Å². The Balaban J connectivity index is 2.26. The minimum absolute atomic E-state index is 0.186. The molecule has 0 aliphatic carbocycles. The summed E-state index contributed by atoms with van der Waals surface area (Å²) in [5, 5.41) is 0.903. The van der Waals surface area contributed by atoms with Crippen molar-refractivity contribution < 1.29 is 4.79 Å². The first-order valence-electron chi connectivity index (χ1n) is 5.75. The molecule has 0 unspecified atom stereocenters. The quantitative estimate of drug-likeness (QED) is 0.534. The number of nitrogens with zero attached hydrogens (tertiary/aromatic N) is 1. The lowest BCUT2D eigenvalue weighted by Crippen LogP contribution is -2.17. The molecule has 5 heteroatoms. The minimum Gasteiger partial charge on any atom is -0.351 e. The van der Waals surface area contributed by atoms with Crippen molar-refractivity contribution >= 4 is 28.4 Å². The minimum atomic E-state index is -0.293. The third-order valence-electron chi connectivity index (χ3n) is 3.42. The van der Waals surface area contributed by atoms with Gasteiger partial charge in [-0.3, -0.25) is 14.2 Å². The number of rotatable bonds is 0. The van der Waals surface area contributed by atoms with Crippen LogP contribution < -0.4 is 5.43 Å². The van der Waals surface area contributed by atoms with Gasteiger partial charge in [0, 0.05) is 11.6 Å². The number of hydrogen-bond acceptors (Lipinski definition) is 2. The summed E-state index contributed by atoms with van der Waals surface area (Å²) < 4.78 is 1.47. The molecular formula is C14H7ClN2O2. The number of benzene rings is 1. The van der Waals surface area contributed by atoms with E-state index >= 15 is 0 Å². The normalized spacial score (nSPS) is 12.8. The molecule has 1 aliphatic heterocycles. The molecule has 0 spiro atoms. The highest BCUT2D eigenvalue weighted by Crippen LogP contribution is 2.31. The molecule has 19 heavy (non-hydrogen) atoms. The maximum atomic E-state index is 12.4. The monoisotopic (exact) mass is 270 g/mol. The number of para-hydroxylation sites is 1. The van der Waals surface area contributed by atoms with Crippen LogP contribution in [0.1, 0.15) is 10.4 Å². The van der Waals surface area contributed by atoms with Crippen molar-refractivity contribution in [1.82, 2.24) is 9.55 Å². The molecule has 3 aromatic rings. The zero-order valence-corrected chi connectivity index (χ0v) is 10.4. The zero-order chi connectivity index (χ0) is 13.1. The number of halogens is 1. The van der Waals surface area contributed by atoms with Gasteiger partial charge in [-0.05, 0) is 24.3 Å². The van der Waals surface area contributed by atoms with Gasteiger partial charge >= 0.3 is 0 Å². The summed E-state index contributed by atoms with van der Waals surface area (Å²) in [5.74, 6) is -0.293. The molecule has 0 fully saturated rings. The van der Waals surface area contributed by atoms with Crippen molar-refractivity contribution in [2.45, 2.75) is 0 Å². The fourth-order valence-electron chi connectivity index (χ4n) is 2.55. The van der Waals surface area contributed by atoms with Gasteiger partial charge in [-0.1, -0.05) is 17.7 Å². The van der Waals surface area contributed by atoms with Crippen molar-refractivity contribution in [2.75, 3.05) is 0 Å². The van der Waals surface area contributed by atoms with Crippen molar-refractivity contribution in [2.24, 2.45) is 0 Å². The molecule has 3 heterocycles. The first kappa shape index (κ1) is 10.6. The first-order chi connectivity index (χ1) is 9.18. The van der Waals surface area contributed by atoms with Gasteiger partial charge in [0.25, 0.3) is 5.91 Å². The van der Waals surface area contributed by atoms with Gasteiger partial charge in [-0.15, -0.1) is 0 Å². The number of aromatic amines is 1. The highest BCUT2D eigenvalue weighted by Gasteiger charge is 2.30. The third kappa shape index (κ3) is 1.19. The van der Waals surface area contributed by atoms with E-state index in [4.69, 9.17) is 11.6 Å². The number of hydrogen-bond donors (Lipinski definition) is 1. The van der Waals surface area contributed by atoms with Crippen LogP contribution in [-0.2, 0) is 0 Å². The number of aromatic nitrogens is 2. The number of H-pyrrole nitrogens is 1. The van der Waals surface area contributed by atoms with Crippen LogP contribution in [0.5, 0.6) is 0 Å². The standard InChI is InChI=1S/C14H7ClN2O2/c15-8-4-1-3-7-11(8)16-12-9-5-2-6-17(9)14(19)10(12)13(7)18/h1-6H,(H,16,18). The summed E-state index contributed by atoms with van der Waals surface area (Å²) in [4.78, 5) is 27.8. The molecule has 4 rings (SSSR count). The number of carbonyl (C=O) groups is 1. The van der Waals surface area contributed by atoms with Crippen LogP contribution in [0.3, 0.4) is 0 Å². The molecule has 0 saturated carbocycles. The first-order valence-corrected chi connectivity index (χ1v) is 6.13. The van der Waals surface area contributed by atoms with E-state index in [9.17, 15) is 9.59 Å². The van der Waals surface area contributed by atoms with E-state index in [-0.39, 0.29) is 16.9 Å². The second-order valence-corrected chi connectivity index (χ2v) is 4.84. The fraction of sp³-hybridized carbons (Fsp3) is 0.